The molecule has 24 heavy (non-hydrogen) atoms. The molecular formula is C21H20ClNO. The van der Waals surface area contributed by atoms with E-state index in [1.807, 2.05) is 25.1 Å². The number of fused-ring (bicyclic) bond motifs is 1. The molecule has 3 rings (SSSR count). The summed E-state index contributed by atoms with van der Waals surface area (Å²) in [5.74, 6) is 0. The van der Waals surface area contributed by atoms with Crippen molar-refractivity contribution in [1.29, 1.82) is 0 Å². The van der Waals surface area contributed by atoms with Crippen LogP contribution in [0.5, 0.6) is 0 Å². The Morgan fingerprint density at radius 1 is 1.08 bits per heavy atom. The molecule has 0 atom stereocenters. The Morgan fingerprint density at radius 3 is 2.50 bits per heavy atom. The molecule has 2 nitrogen and oxygen atoms in total. The van der Waals surface area contributed by atoms with Crippen LogP contribution in [0.2, 0.25) is 0 Å². The summed E-state index contributed by atoms with van der Waals surface area (Å²) < 4.78 is 0. The summed E-state index contributed by atoms with van der Waals surface area (Å²) >= 11 is 5.81. The predicted octanol–water partition coefficient (Wildman–Crippen LogP) is 5.93. The van der Waals surface area contributed by atoms with Crippen LogP contribution >= 0.6 is 11.6 Å². The summed E-state index contributed by atoms with van der Waals surface area (Å²) in [4.78, 5) is 16.6. The zero-order valence-corrected chi connectivity index (χ0v) is 14.7. The van der Waals surface area contributed by atoms with Crippen LogP contribution in [-0.2, 0) is 6.42 Å². The summed E-state index contributed by atoms with van der Waals surface area (Å²) in [6, 6.07) is 16.1. The van der Waals surface area contributed by atoms with Crippen LogP contribution in [0.3, 0.4) is 0 Å². The maximum atomic E-state index is 11.9. The van der Waals surface area contributed by atoms with Crippen LogP contribution < -0.4 is 0 Å². The third kappa shape index (κ3) is 3.49. The molecule has 0 amide bonds. The highest BCUT2D eigenvalue weighted by Gasteiger charge is 2.12. The number of aryl methyl sites for hydroxylation is 2. The minimum Gasteiger partial charge on any atom is -0.276 e. The average Bonchev–Trinajstić information content (AvgIpc) is 2.59. The molecule has 0 aliphatic carbocycles. The number of benzene rings is 2. The van der Waals surface area contributed by atoms with E-state index in [2.05, 4.69) is 31.2 Å². The van der Waals surface area contributed by atoms with Crippen molar-refractivity contribution in [3.05, 3.63) is 65.2 Å². The molecule has 0 aliphatic rings. The molecule has 0 spiro atoms. The average molecular weight is 338 g/mol. The molecule has 2 aromatic carbocycles. The van der Waals surface area contributed by atoms with Gasteiger partial charge >= 0.3 is 0 Å². The molecule has 0 radical (unpaired) electrons. The molecule has 0 N–H and O–H groups in total. The minimum atomic E-state index is -0.450. The van der Waals surface area contributed by atoms with Gasteiger partial charge in [-0.25, -0.2) is 4.98 Å². The van der Waals surface area contributed by atoms with Gasteiger partial charge in [0.25, 0.3) is 5.24 Å². The van der Waals surface area contributed by atoms with Crippen LogP contribution in [0.4, 0.5) is 0 Å². The number of nitrogens with zero attached hydrogens (tertiary/aromatic N) is 1. The molecule has 1 aromatic heterocycles. The summed E-state index contributed by atoms with van der Waals surface area (Å²) in [7, 11) is 0. The Labute approximate surface area is 147 Å². The van der Waals surface area contributed by atoms with Crippen molar-refractivity contribution in [3.63, 3.8) is 0 Å². The highest BCUT2D eigenvalue weighted by atomic mass is 35.5. The second-order valence-electron chi connectivity index (χ2n) is 6.15. The fourth-order valence-corrected chi connectivity index (χ4v) is 3.03. The first kappa shape index (κ1) is 16.7. The zero-order chi connectivity index (χ0) is 17.1. The Hall–Kier alpha value is -2.19. The van der Waals surface area contributed by atoms with E-state index in [1.54, 1.807) is 6.07 Å². The van der Waals surface area contributed by atoms with E-state index in [0.29, 0.717) is 5.56 Å². The molecule has 0 unspecified atom stereocenters. The van der Waals surface area contributed by atoms with Crippen molar-refractivity contribution >= 4 is 27.7 Å². The van der Waals surface area contributed by atoms with Crippen molar-refractivity contribution in [2.45, 2.75) is 33.1 Å². The first-order valence-corrected chi connectivity index (χ1v) is 8.67. The summed E-state index contributed by atoms with van der Waals surface area (Å²) in [5, 5.41) is 0.354. The number of pyridine rings is 1. The normalized spacial score (nSPS) is 11.0. The number of rotatable bonds is 5. The van der Waals surface area contributed by atoms with E-state index in [1.165, 1.54) is 18.4 Å². The second kappa shape index (κ2) is 7.14. The first-order valence-electron chi connectivity index (χ1n) is 8.29. The van der Waals surface area contributed by atoms with Crippen LogP contribution in [0.15, 0.2) is 48.5 Å². The third-order valence-corrected chi connectivity index (χ3v) is 4.45. The molecule has 3 heteroatoms. The highest BCUT2D eigenvalue weighted by Crippen LogP contribution is 2.27. The number of carbonyl (C=O) groups is 1. The van der Waals surface area contributed by atoms with E-state index < -0.39 is 5.24 Å². The molecule has 122 valence electrons. The molecule has 3 aromatic rings. The molecule has 0 fully saturated rings. The molecule has 0 saturated heterocycles. The van der Waals surface area contributed by atoms with Crippen molar-refractivity contribution in [2.75, 3.05) is 0 Å². The maximum Gasteiger partial charge on any atom is 0.253 e. The highest BCUT2D eigenvalue weighted by molar-refractivity contribution is 6.68. The van der Waals surface area contributed by atoms with Gasteiger partial charge in [0.15, 0.2) is 0 Å². The van der Waals surface area contributed by atoms with E-state index in [9.17, 15) is 4.79 Å². The van der Waals surface area contributed by atoms with Gasteiger partial charge in [0.2, 0.25) is 0 Å². The van der Waals surface area contributed by atoms with Gasteiger partial charge in [0, 0.05) is 16.5 Å². The fourth-order valence-electron chi connectivity index (χ4n) is 2.87. The lowest BCUT2D eigenvalue weighted by atomic mass is 10.0. The summed E-state index contributed by atoms with van der Waals surface area (Å²) in [6.45, 7) is 4.19. The van der Waals surface area contributed by atoms with E-state index in [-0.39, 0.29) is 0 Å². The van der Waals surface area contributed by atoms with Crippen LogP contribution in [-0.4, -0.2) is 10.2 Å². The number of unbranched alkanes of at least 4 members (excludes halogenated alkanes) is 1. The van der Waals surface area contributed by atoms with Crippen LogP contribution in [0.25, 0.3) is 22.2 Å². The van der Waals surface area contributed by atoms with Crippen molar-refractivity contribution in [1.82, 2.24) is 4.98 Å². The van der Waals surface area contributed by atoms with Gasteiger partial charge in [-0.3, -0.25) is 4.79 Å². The van der Waals surface area contributed by atoms with Gasteiger partial charge in [0.05, 0.1) is 11.2 Å². The molecular weight excluding hydrogens is 318 g/mol. The lowest BCUT2D eigenvalue weighted by molar-refractivity contribution is 0.108. The molecule has 1 heterocycles. The number of carbonyl (C=O) groups excluding carboxylic acids is 1. The summed E-state index contributed by atoms with van der Waals surface area (Å²) in [6.07, 6.45) is 3.47. The molecule has 0 bridgehead atoms. The van der Waals surface area contributed by atoms with Crippen molar-refractivity contribution in [2.24, 2.45) is 0 Å². The van der Waals surface area contributed by atoms with Gasteiger partial charge in [-0.2, -0.15) is 0 Å². The molecule has 0 aliphatic heterocycles. The van der Waals surface area contributed by atoms with Crippen molar-refractivity contribution < 1.29 is 4.79 Å². The number of hydrogen-bond donors (Lipinski definition) is 0. The Morgan fingerprint density at radius 2 is 1.83 bits per heavy atom. The maximum absolute atomic E-state index is 11.9. The first-order chi connectivity index (χ1) is 11.6. The van der Waals surface area contributed by atoms with E-state index >= 15 is 0 Å². The second-order valence-corrected chi connectivity index (χ2v) is 6.49. The number of halogens is 1. The number of aromatic nitrogens is 1. The van der Waals surface area contributed by atoms with E-state index in [0.717, 1.165) is 34.1 Å². The summed E-state index contributed by atoms with van der Waals surface area (Å²) in [5.41, 5.74) is 5.48. The Bertz CT molecular complexity index is 884. The van der Waals surface area contributed by atoms with Gasteiger partial charge < -0.3 is 0 Å². The Balaban J connectivity index is 2.06. The zero-order valence-electron chi connectivity index (χ0n) is 14.0. The smallest absolute Gasteiger partial charge is 0.253 e. The predicted molar refractivity (Wildman–Crippen MR) is 101 cm³/mol. The monoisotopic (exact) mass is 337 g/mol. The lowest BCUT2D eigenvalue weighted by Crippen LogP contribution is -1.96. The third-order valence-electron chi connectivity index (χ3n) is 4.24. The SMILES string of the molecule is CCCCc1ccc(-c2cc(C(=O)Cl)c3cc(C)ccc3n2)cc1. The van der Waals surface area contributed by atoms with Gasteiger partial charge in [-0.05, 0) is 55.1 Å². The lowest BCUT2D eigenvalue weighted by Gasteiger charge is -2.09. The number of hydrogen-bond acceptors (Lipinski definition) is 2. The van der Waals surface area contributed by atoms with Crippen molar-refractivity contribution in [3.8, 4) is 11.3 Å². The van der Waals surface area contributed by atoms with Crippen LogP contribution in [0, 0.1) is 6.92 Å². The van der Waals surface area contributed by atoms with Gasteiger partial charge in [-0.1, -0.05) is 49.2 Å². The van der Waals surface area contributed by atoms with E-state index in [4.69, 9.17) is 16.6 Å². The molecule has 0 saturated carbocycles. The largest absolute Gasteiger partial charge is 0.276 e. The minimum absolute atomic E-state index is 0.450. The quantitative estimate of drug-likeness (QED) is 0.540. The van der Waals surface area contributed by atoms with Gasteiger partial charge in [0.1, 0.15) is 0 Å². The fraction of sp³-hybridized carbons (Fsp3) is 0.238. The van der Waals surface area contributed by atoms with Crippen LogP contribution in [0.1, 0.15) is 41.3 Å². The Kier molecular flexibility index (Phi) is 4.96. The topological polar surface area (TPSA) is 30.0 Å². The standard InChI is InChI=1S/C21H20ClNO/c1-3-4-5-15-7-9-16(10-8-15)20-13-18(21(22)24)17-12-14(2)6-11-19(17)23-20/h6-13H,3-5H2,1-2H3. The van der Waals surface area contributed by atoms with Gasteiger partial charge in [-0.15, -0.1) is 0 Å².